The lowest BCUT2D eigenvalue weighted by Gasteiger charge is -2.29. The predicted octanol–water partition coefficient (Wildman–Crippen LogP) is 1.61. The van der Waals surface area contributed by atoms with E-state index in [0.29, 0.717) is 6.61 Å². The predicted molar refractivity (Wildman–Crippen MR) is 71.9 cm³/mol. The molecular weight excluding hydrogens is 260 g/mol. The van der Waals surface area contributed by atoms with E-state index in [1.807, 2.05) is 6.92 Å². The molecule has 19 heavy (non-hydrogen) atoms. The van der Waals surface area contributed by atoms with Crippen molar-refractivity contribution < 1.29 is 4.74 Å². The number of thioether (sulfide) groups is 1. The molecule has 0 amide bonds. The summed E-state index contributed by atoms with van der Waals surface area (Å²) in [6, 6.07) is 4.69. The number of amidine groups is 1. The Kier molecular flexibility index (Phi) is 2.32. The van der Waals surface area contributed by atoms with Crippen molar-refractivity contribution in [2.24, 2.45) is 27.0 Å². The van der Waals surface area contributed by atoms with Crippen molar-refractivity contribution in [2.45, 2.75) is 31.7 Å². The molecule has 4 atom stereocenters. The summed E-state index contributed by atoms with van der Waals surface area (Å²) < 4.78 is 5.81. The van der Waals surface area contributed by atoms with E-state index in [2.05, 4.69) is 24.1 Å². The van der Waals surface area contributed by atoms with Crippen LogP contribution in [0.2, 0.25) is 0 Å². The highest BCUT2D eigenvalue weighted by atomic mass is 32.2. The van der Waals surface area contributed by atoms with Gasteiger partial charge in [-0.3, -0.25) is 0 Å². The van der Waals surface area contributed by atoms with Crippen LogP contribution in [0, 0.1) is 38.9 Å². The third-order valence-corrected chi connectivity index (χ3v) is 6.32. The number of nitriles is 2. The zero-order valence-corrected chi connectivity index (χ0v) is 11.9. The number of fused-ring (bicyclic) bond motifs is 2. The maximum Gasteiger partial charge on any atom is 0.230 e. The Morgan fingerprint density at radius 2 is 2.21 bits per heavy atom. The van der Waals surface area contributed by atoms with Gasteiger partial charge < -0.3 is 10.5 Å². The monoisotopic (exact) mass is 276 g/mol. The third-order valence-electron chi connectivity index (χ3n) is 5.05. The van der Waals surface area contributed by atoms with Gasteiger partial charge in [0.05, 0.1) is 18.7 Å². The van der Waals surface area contributed by atoms with Gasteiger partial charge in [-0.25, -0.2) is 4.99 Å². The van der Waals surface area contributed by atoms with E-state index in [-0.39, 0.29) is 5.84 Å². The maximum absolute atomic E-state index is 9.85. The van der Waals surface area contributed by atoms with Gasteiger partial charge >= 0.3 is 0 Å². The van der Waals surface area contributed by atoms with Crippen molar-refractivity contribution in [1.29, 1.82) is 10.5 Å². The quantitative estimate of drug-likeness (QED) is 0.826. The Bertz CT molecular complexity index is 556. The van der Waals surface area contributed by atoms with Gasteiger partial charge in [0, 0.05) is 11.2 Å². The highest BCUT2D eigenvalue weighted by Gasteiger charge is 2.98. The van der Waals surface area contributed by atoms with E-state index in [0.717, 1.165) is 18.6 Å². The van der Waals surface area contributed by atoms with Gasteiger partial charge in [0.1, 0.15) is 11.3 Å². The van der Waals surface area contributed by atoms with Crippen molar-refractivity contribution >= 4 is 17.6 Å². The number of hydrogen-bond acceptors (Lipinski definition) is 6. The van der Waals surface area contributed by atoms with Gasteiger partial charge in [-0.05, 0) is 6.42 Å². The highest BCUT2D eigenvalue weighted by molar-refractivity contribution is 8.00. The van der Waals surface area contributed by atoms with Crippen LogP contribution in [0.5, 0.6) is 0 Å². The molecule has 0 aromatic heterocycles. The minimum Gasteiger partial charge on any atom is -0.386 e. The van der Waals surface area contributed by atoms with E-state index in [1.54, 1.807) is 0 Å². The van der Waals surface area contributed by atoms with Crippen molar-refractivity contribution in [2.75, 3.05) is 12.4 Å². The van der Waals surface area contributed by atoms with Crippen LogP contribution in [-0.2, 0) is 4.74 Å². The topological polar surface area (TPSA) is 95.2 Å². The first-order valence-electron chi connectivity index (χ1n) is 6.48. The summed E-state index contributed by atoms with van der Waals surface area (Å²) in [5.41, 5.74) is 3.67. The fraction of sp³-hybridized carbons (Fsp3) is 0.769. The van der Waals surface area contributed by atoms with Crippen LogP contribution >= 0.6 is 11.8 Å². The van der Waals surface area contributed by atoms with Crippen molar-refractivity contribution in [3.05, 3.63) is 0 Å². The molecule has 0 radical (unpaired) electrons. The van der Waals surface area contributed by atoms with Crippen LogP contribution in [-0.4, -0.2) is 23.3 Å². The summed E-state index contributed by atoms with van der Waals surface area (Å²) in [6.45, 7) is 4.58. The molecule has 5 nitrogen and oxygen atoms in total. The summed E-state index contributed by atoms with van der Waals surface area (Å²) in [7, 11) is 0. The number of aliphatic imine (C=N–C) groups is 1. The molecule has 0 bridgehead atoms. The zero-order chi connectivity index (χ0) is 13.9. The second kappa shape index (κ2) is 3.45. The molecule has 1 spiro atoms. The summed E-state index contributed by atoms with van der Waals surface area (Å²) in [5, 5.41) is 18.6. The van der Waals surface area contributed by atoms with E-state index in [9.17, 15) is 10.5 Å². The summed E-state index contributed by atoms with van der Waals surface area (Å²) in [5.74, 6) is 1.06. The molecule has 3 rings (SSSR count). The molecule has 0 unspecified atom stereocenters. The average Bonchev–Trinajstić information content (AvgIpc) is 2.72. The number of hydrogen-bond donors (Lipinski definition) is 1. The number of ether oxygens (including phenoxy) is 1. The van der Waals surface area contributed by atoms with E-state index in [4.69, 9.17) is 10.5 Å². The highest BCUT2D eigenvalue weighted by Crippen LogP contribution is 2.88. The second-order valence-corrected chi connectivity index (χ2v) is 6.83. The Labute approximate surface area is 116 Å². The van der Waals surface area contributed by atoms with E-state index < -0.39 is 21.3 Å². The molecule has 1 saturated heterocycles. The minimum atomic E-state index is -0.984. The van der Waals surface area contributed by atoms with Gasteiger partial charge in [0.25, 0.3) is 0 Å². The molecule has 1 aliphatic carbocycles. The molecule has 2 N–H and O–H groups in total. The third kappa shape index (κ3) is 0.927. The van der Waals surface area contributed by atoms with Crippen LogP contribution in [0.1, 0.15) is 26.7 Å². The van der Waals surface area contributed by atoms with Crippen LogP contribution in [0.3, 0.4) is 0 Å². The van der Waals surface area contributed by atoms with Gasteiger partial charge in [0.15, 0.2) is 5.41 Å². The largest absolute Gasteiger partial charge is 0.386 e. The Morgan fingerprint density at radius 1 is 1.47 bits per heavy atom. The average molecular weight is 276 g/mol. The molecule has 0 aromatic rings. The molecule has 3 aliphatic rings. The first kappa shape index (κ1) is 12.8. The van der Waals surface area contributed by atoms with Crippen LogP contribution in [0.25, 0.3) is 0 Å². The number of nitrogens with two attached hydrogens (primary N) is 1. The van der Waals surface area contributed by atoms with Gasteiger partial charge in [0.2, 0.25) is 5.06 Å². The van der Waals surface area contributed by atoms with Gasteiger partial charge in [-0.1, -0.05) is 32.0 Å². The van der Waals surface area contributed by atoms with Gasteiger partial charge in [-0.2, -0.15) is 10.5 Å². The zero-order valence-electron chi connectivity index (χ0n) is 11.1. The lowest BCUT2D eigenvalue weighted by molar-refractivity contribution is 0.00823. The lowest BCUT2D eigenvalue weighted by Crippen LogP contribution is -2.36. The van der Waals surface area contributed by atoms with Crippen molar-refractivity contribution in [1.82, 2.24) is 0 Å². The van der Waals surface area contributed by atoms with Crippen LogP contribution in [0.15, 0.2) is 4.99 Å². The van der Waals surface area contributed by atoms with Crippen molar-refractivity contribution in [3.8, 4) is 12.1 Å². The minimum absolute atomic E-state index is 0.280. The summed E-state index contributed by atoms with van der Waals surface area (Å²) >= 11 is 1.51. The van der Waals surface area contributed by atoms with E-state index >= 15 is 0 Å². The first-order chi connectivity index (χ1) is 9.02. The molecule has 100 valence electrons. The lowest BCUT2D eigenvalue weighted by atomic mass is 9.88. The molecule has 2 fully saturated rings. The Hall–Kier alpha value is -1.24. The molecule has 0 aromatic carbocycles. The SMILES string of the molecule is CCC[C@@]1(C)[C@]2(C#N)C(N)=N[C@@]3(OCCS3)[C@]12C#N. The standard InChI is InChI=1S/C13H16N4OS/c1-3-4-10(2)11(7-14)9(16)17-13(12(10,11)8-15)18-5-6-19-13/h3-6H2,1-2H3,(H2,16,17)/t10-,11-,12+,13+/m0/s1. The summed E-state index contributed by atoms with van der Waals surface area (Å²) in [6.07, 6.45) is 1.67. The Balaban J connectivity index is 2.23. The fourth-order valence-electron chi connectivity index (χ4n) is 4.27. The first-order valence-corrected chi connectivity index (χ1v) is 7.46. The van der Waals surface area contributed by atoms with E-state index in [1.165, 1.54) is 11.8 Å². The summed E-state index contributed by atoms with van der Waals surface area (Å²) in [4.78, 5) is 4.40. The smallest absolute Gasteiger partial charge is 0.230 e. The molecule has 6 heteroatoms. The van der Waals surface area contributed by atoms with Crippen molar-refractivity contribution in [3.63, 3.8) is 0 Å². The molecular formula is C13H16N4OS. The molecule has 2 heterocycles. The maximum atomic E-state index is 9.85. The second-order valence-electron chi connectivity index (χ2n) is 5.58. The molecule has 2 aliphatic heterocycles. The van der Waals surface area contributed by atoms with Crippen LogP contribution in [0.4, 0.5) is 0 Å². The normalized spacial score (nSPS) is 50.4. The number of rotatable bonds is 2. The van der Waals surface area contributed by atoms with Gasteiger partial charge in [-0.15, -0.1) is 0 Å². The molecule has 1 saturated carbocycles. The Morgan fingerprint density at radius 3 is 2.68 bits per heavy atom. The fourth-order valence-corrected chi connectivity index (χ4v) is 5.68. The van der Waals surface area contributed by atoms with Crippen LogP contribution < -0.4 is 5.73 Å². The number of nitrogens with zero attached hydrogens (tertiary/aromatic N) is 3.